The minimum absolute atomic E-state index is 0.209. The summed E-state index contributed by atoms with van der Waals surface area (Å²) in [5, 5.41) is 0. The van der Waals surface area contributed by atoms with Gasteiger partial charge >= 0.3 is 5.91 Å². The average Bonchev–Trinajstić information content (AvgIpc) is 2.84. The number of hydrogen-bond donors (Lipinski definition) is 3. The molecule has 18 heavy (non-hydrogen) atoms. The van der Waals surface area contributed by atoms with E-state index >= 15 is 0 Å². The lowest BCUT2D eigenvalue weighted by atomic mass is 10.3. The Labute approximate surface area is 108 Å². The molecular weight excluding hydrogens is 250 g/mol. The van der Waals surface area contributed by atoms with E-state index in [1.807, 2.05) is 29.7 Å². The fourth-order valence-electron chi connectivity index (χ4n) is 1.41. The SMILES string of the molecule is NNC(=O)c1ccc(CSc2cccc(N)c2)o1. The van der Waals surface area contributed by atoms with Crippen LogP contribution in [0.5, 0.6) is 0 Å². The number of thioether (sulfide) groups is 1. The van der Waals surface area contributed by atoms with Gasteiger partial charge in [-0.05, 0) is 30.3 Å². The molecule has 1 aromatic heterocycles. The van der Waals surface area contributed by atoms with Gasteiger partial charge in [0.1, 0.15) is 5.76 Å². The third-order valence-corrected chi connectivity index (χ3v) is 3.27. The lowest BCUT2D eigenvalue weighted by Crippen LogP contribution is -2.29. The number of rotatable bonds is 4. The number of hydrogen-bond acceptors (Lipinski definition) is 5. The molecule has 0 radical (unpaired) electrons. The van der Waals surface area contributed by atoms with Crippen LogP contribution in [0.15, 0.2) is 45.7 Å². The molecule has 1 amide bonds. The van der Waals surface area contributed by atoms with Crippen LogP contribution >= 0.6 is 11.8 Å². The van der Waals surface area contributed by atoms with Crippen molar-refractivity contribution in [2.45, 2.75) is 10.6 Å². The molecule has 0 aliphatic heterocycles. The van der Waals surface area contributed by atoms with Crippen molar-refractivity contribution in [1.29, 1.82) is 0 Å². The van der Waals surface area contributed by atoms with Gasteiger partial charge in [0.2, 0.25) is 0 Å². The molecule has 0 bridgehead atoms. The van der Waals surface area contributed by atoms with Crippen molar-refractivity contribution in [1.82, 2.24) is 5.43 Å². The first-order chi connectivity index (χ1) is 8.69. The van der Waals surface area contributed by atoms with Crippen LogP contribution < -0.4 is 17.0 Å². The summed E-state index contributed by atoms with van der Waals surface area (Å²) in [4.78, 5) is 12.2. The molecule has 0 unspecified atom stereocenters. The monoisotopic (exact) mass is 263 g/mol. The number of hydrazine groups is 1. The van der Waals surface area contributed by atoms with Gasteiger partial charge in [-0.2, -0.15) is 0 Å². The molecule has 5 N–H and O–H groups in total. The second-order valence-corrected chi connectivity index (χ2v) is 4.65. The van der Waals surface area contributed by atoms with Gasteiger partial charge < -0.3 is 10.2 Å². The number of nitrogen functional groups attached to an aromatic ring is 2. The minimum atomic E-state index is -0.435. The minimum Gasteiger partial charge on any atom is -0.455 e. The topological polar surface area (TPSA) is 94.3 Å². The van der Waals surface area contributed by atoms with Crippen LogP contribution in [0.1, 0.15) is 16.3 Å². The zero-order chi connectivity index (χ0) is 13.0. The molecule has 0 atom stereocenters. The van der Waals surface area contributed by atoms with Crippen molar-refractivity contribution in [3.8, 4) is 0 Å². The van der Waals surface area contributed by atoms with Crippen molar-refractivity contribution in [3.63, 3.8) is 0 Å². The lowest BCUT2D eigenvalue weighted by Gasteiger charge is -2.00. The number of amides is 1. The molecule has 2 aromatic rings. The zero-order valence-corrected chi connectivity index (χ0v) is 10.4. The molecule has 0 saturated heterocycles. The van der Waals surface area contributed by atoms with Crippen LogP contribution in [0, 0.1) is 0 Å². The summed E-state index contributed by atoms with van der Waals surface area (Å²) in [6.07, 6.45) is 0. The smallest absolute Gasteiger partial charge is 0.300 e. The maximum atomic E-state index is 11.2. The van der Waals surface area contributed by atoms with E-state index in [0.717, 1.165) is 10.6 Å². The third kappa shape index (κ3) is 3.06. The fourth-order valence-corrected chi connectivity index (χ4v) is 2.27. The molecule has 0 spiro atoms. The molecule has 1 heterocycles. The zero-order valence-electron chi connectivity index (χ0n) is 9.55. The highest BCUT2D eigenvalue weighted by molar-refractivity contribution is 7.98. The molecule has 0 aliphatic carbocycles. The van der Waals surface area contributed by atoms with E-state index in [0.29, 0.717) is 11.5 Å². The number of carbonyl (C=O) groups is 1. The molecule has 6 heteroatoms. The Kier molecular flexibility index (Phi) is 3.91. The summed E-state index contributed by atoms with van der Waals surface area (Å²) in [7, 11) is 0. The third-order valence-electron chi connectivity index (χ3n) is 2.26. The maximum absolute atomic E-state index is 11.2. The molecule has 94 valence electrons. The van der Waals surface area contributed by atoms with Crippen LogP contribution in [0.4, 0.5) is 5.69 Å². The summed E-state index contributed by atoms with van der Waals surface area (Å²) >= 11 is 1.58. The Hall–Kier alpha value is -1.92. The highest BCUT2D eigenvalue weighted by Gasteiger charge is 2.09. The van der Waals surface area contributed by atoms with E-state index < -0.39 is 5.91 Å². The molecule has 5 nitrogen and oxygen atoms in total. The van der Waals surface area contributed by atoms with Gasteiger partial charge in [0.15, 0.2) is 5.76 Å². The van der Waals surface area contributed by atoms with Crippen LogP contribution in [0.25, 0.3) is 0 Å². The Balaban J connectivity index is 1.98. The molecule has 0 aliphatic rings. The number of nitrogens with two attached hydrogens (primary N) is 2. The number of furan rings is 1. The number of anilines is 1. The Morgan fingerprint density at radius 3 is 2.89 bits per heavy atom. The van der Waals surface area contributed by atoms with Gasteiger partial charge in [0.05, 0.1) is 5.75 Å². The fraction of sp³-hybridized carbons (Fsp3) is 0.0833. The van der Waals surface area contributed by atoms with Gasteiger partial charge in [-0.1, -0.05) is 6.07 Å². The van der Waals surface area contributed by atoms with Crippen LogP contribution in [0.2, 0.25) is 0 Å². The highest BCUT2D eigenvalue weighted by Crippen LogP contribution is 2.25. The van der Waals surface area contributed by atoms with Gasteiger partial charge in [-0.15, -0.1) is 11.8 Å². The van der Waals surface area contributed by atoms with Gasteiger partial charge in [0, 0.05) is 10.6 Å². The Morgan fingerprint density at radius 2 is 2.17 bits per heavy atom. The van der Waals surface area contributed by atoms with Gasteiger partial charge in [-0.25, -0.2) is 5.84 Å². The predicted molar refractivity (Wildman–Crippen MR) is 70.8 cm³/mol. The van der Waals surface area contributed by atoms with Crippen molar-refractivity contribution < 1.29 is 9.21 Å². The van der Waals surface area contributed by atoms with Gasteiger partial charge in [-0.3, -0.25) is 10.2 Å². The molecule has 2 rings (SSSR count). The van der Waals surface area contributed by atoms with E-state index in [1.54, 1.807) is 23.9 Å². The molecule has 0 saturated carbocycles. The second kappa shape index (κ2) is 5.61. The predicted octanol–water partition coefficient (Wildman–Crippen LogP) is 1.76. The Bertz CT molecular complexity index is 554. The lowest BCUT2D eigenvalue weighted by molar-refractivity contribution is 0.0924. The van der Waals surface area contributed by atoms with Crippen LogP contribution in [-0.2, 0) is 5.75 Å². The van der Waals surface area contributed by atoms with Gasteiger partial charge in [0.25, 0.3) is 0 Å². The van der Waals surface area contributed by atoms with E-state index in [4.69, 9.17) is 16.0 Å². The summed E-state index contributed by atoms with van der Waals surface area (Å²) in [6, 6.07) is 10.9. The highest BCUT2D eigenvalue weighted by atomic mass is 32.2. The number of nitrogens with one attached hydrogen (secondary N) is 1. The van der Waals surface area contributed by atoms with Crippen molar-refractivity contribution in [2.75, 3.05) is 5.73 Å². The van der Waals surface area contributed by atoms with Crippen molar-refractivity contribution in [3.05, 3.63) is 47.9 Å². The van der Waals surface area contributed by atoms with Crippen LogP contribution in [0.3, 0.4) is 0 Å². The number of carbonyl (C=O) groups excluding carboxylic acids is 1. The first-order valence-corrected chi connectivity index (χ1v) is 6.25. The first kappa shape index (κ1) is 12.5. The second-order valence-electron chi connectivity index (χ2n) is 3.60. The van der Waals surface area contributed by atoms with Crippen molar-refractivity contribution in [2.24, 2.45) is 5.84 Å². The summed E-state index contributed by atoms with van der Waals surface area (Å²) in [5.74, 6) is 6.13. The molecule has 0 fully saturated rings. The standard InChI is InChI=1S/C12H13N3O2S/c13-8-2-1-3-10(6-8)18-7-9-4-5-11(17-9)12(16)15-14/h1-6H,7,13-14H2,(H,15,16). The van der Waals surface area contributed by atoms with E-state index in [-0.39, 0.29) is 5.76 Å². The Morgan fingerprint density at radius 1 is 1.33 bits per heavy atom. The largest absolute Gasteiger partial charge is 0.455 e. The van der Waals surface area contributed by atoms with Crippen LogP contribution in [-0.4, -0.2) is 5.91 Å². The van der Waals surface area contributed by atoms with E-state index in [9.17, 15) is 4.79 Å². The summed E-state index contributed by atoms with van der Waals surface area (Å²) < 4.78 is 5.34. The van der Waals surface area contributed by atoms with E-state index in [2.05, 4.69) is 0 Å². The molecule has 1 aromatic carbocycles. The normalized spacial score (nSPS) is 10.3. The molecular formula is C12H13N3O2S. The number of benzene rings is 1. The first-order valence-electron chi connectivity index (χ1n) is 5.27. The summed E-state index contributed by atoms with van der Waals surface area (Å²) in [6.45, 7) is 0. The quantitative estimate of drug-likeness (QED) is 0.257. The maximum Gasteiger partial charge on any atom is 0.300 e. The van der Waals surface area contributed by atoms with E-state index in [1.165, 1.54) is 0 Å². The van der Waals surface area contributed by atoms with Crippen molar-refractivity contribution >= 4 is 23.4 Å². The summed E-state index contributed by atoms with van der Waals surface area (Å²) in [5.41, 5.74) is 8.43. The average molecular weight is 263 g/mol.